The first kappa shape index (κ1) is 34.4. The number of hydrogen-bond donors (Lipinski definition) is 2. The second kappa shape index (κ2) is 12.9. The van der Waals surface area contributed by atoms with Crippen molar-refractivity contribution in [3.05, 3.63) is 80.1 Å². The molecule has 1 amide bonds. The number of piperazine rings is 1. The molecule has 1 aromatic carbocycles. The standard InChI is InChI=1S/C33H31Cl3F2N6O3/c1-7-21(45)43-16(5)12-42(13-17(43)6)30-18-10-20(34)28(22-23(35)24(36)25(37)26(38)31(22)46)41-32(18)44(33(47)19(30)11-39)29-15(4)8-9-40-27(29)14(2)3/h7-10,14,16-17,33,46-47H,1,12-13H2,2-6H3/t16-,17+,33?. The summed E-state index contributed by atoms with van der Waals surface area (Å²) in [6.07, 6.45) is 1.28. The Kier molecular flexibility index (Phi) is 9.45. The van der Waals surface area contributed by atoms with Gasteiger partial charge in [-0.3, -0.25) is 14.7 Å². The van der Waals surface area contributed by atoms with E-state index < -0.39 is 39.2 Å². The monoisotopic (exact) mass is 702 g/mol. The highest BCUT2D eigenvalue weighted by molar-refractivity contribution is 6.44. The number of rotatable bonds is 5. The number of carbonyl (C=O) groups excluding carboxylic acids is 1. The molecular formula is C33H31Cl3F2N6O3. The lowest BCUT2D eigenvalue weighted by Crippen LogP contribution is -2.58. The Morgan fingerprint density at radius 3 is 2.38 bits per heavy atom. The first-order valence-electron chi connectivity index (χ1n) is 14.7. The summed E-state index contributed by atoms with van der Waals surface area (Å²) < 4.78 is 29.2. The minimum absolute atomic E-state index is 0.0132. The van der Waals surface area contributed by atoms with Gasteiger partial charge in [0, 0.05) is 36.9 Å². The van der Waals surface area contributed by atoms with Crippen molar-refractivity contribution in [3.63, 3.8) is 0 Å². The van der Waals surface area contributed by atoms with Gasteiger partial charge in [-0.2, -0.15) is 9.65 Å². The summed E-state index contributed by atoms with van der Waals surface area (Å²) in [5, 5.41) is 31.9. The van der Waals surface area contributed by atoms with Crippen LogP contribution in [0.3, 0.4) is 0 Å². The number of benzene rings is 1. The number of carbonyl (C=O) groups is 1. The van der Waals surface area contributed by atoms with Crippen molar-refractivity contribution in [3.8, 4) is 23.1 Å². The largest absolute Gasteiger partial charge is 0.504 e. The van der Waals surface area contributed by atoms with Crippen LogP contribution in [0.25, 0.3) is 17.0 Å². The van der Waals surface area contributed by atoms with Crippen LogP contribution in [-0.2, 0) is 4.79 Å². The van der Waals surface area contributed by atoms with Gasteiger partial charge in [0.25, 0.3) is 0 Å². The quantitative estimate of drug-likeness (QED) is 0.161. The van der Waals surface area contributed by atoms with Gasteiger partial charge in [-0.1, -0.05) is 55.2 Å². The van der Waals surface area contributed by atoms with E-state index in [2.05, 4.69) is 17.6 Å². The second-order valence-electron chi connectivity index (χ2n) is 11.9. The fraction of sp³-hybridized carbons (Fsp3) is 0.333. The molecule has 0 radical (unpaired) electrons. The van der Waals surface area contributed by atoms with Crippen molar-refractivity contribution < 1.29 is 23.8 Å². The summed E-state index contributed by atoms with van der Waals surface area (Å²) >= 11 is 19.1. The Balaban J connectivity index is 1.84. The third kappa shape index (κ3) is 5.57. The lowest BCUT2D eigenvalue weighted by molar-refractivity contribution is -0.132. The minimum Gasteiger partial charge on any atom is -0.504 e. The molecule has 0 saturated carbocycles. The molecular weight excluding hydrogens is 673 g/mol. The van der Waals surface area contributed by atoms with Gasteiger partial charge in [-0.05, 0) is 50.5 Å². The van der Waals surface area contributed by atoms with Crippen molar-refractivity contribution in [1.82, 2.24) is 19.8 Å². The highest BCUT2D eigenvalue weighted by Crippen LogP contribution is 2.50. The SMILES string of the molecule is C=CC(=O)N1[C@H](C)CN(C2=C(C#N)C(O)N(c3c(C)ccnc3C(C)C)c3nc(-c4c(O)c(F)c(F)c(Cl)c4Cl)c(Cl)cc32)C[C@@H]1C. The van der Waals surface area contributed by atoms with Gasteiger partial charge in [-0.15, -0.1) is 0 Å². The maximum absolute atomic E-state index is 14.8. The minimum atomic E-state index is -1.64. The molecule has 14 heteroatoms. The zero-order valence-electron chi connectivity index (χ0n) is 26.1. The van der Waals surface area contributed by atoms with E-state index in [0.717, 1.165) is 0 Å². The van der Waals surface area contributed by atoms with Crippen LogP contribution < -0.4 is 4.90 Å². The van der Waals surface area contributed by atoms with Crippen molar-refractivity contribution in [1.29, 1.82) is 5.26 Å². The second-order valence-corrected chi connectivity index (χ2v) is 13.0. The lowest BCUT2D eigenvalue weighted by atomic mass is 9.94. The van der Waals surface area contributed by atoms with Crippen molar-refractivity contribution in [2.45, 2.75) is 58.8 Å². The molecule has 47 heavy (non-hydrogen) atoms. The maximum atomic E-state index is 14.8. The molecule has 0 aliphatic carbocycles. The first-order valence-corrected chi connectivity index (χ1v) is 15.8. The Bertz CT molecular complexity index is 1860. The maximum Gasteiger partial charge on any atom is 0.246 e. The van der Waals surface area contributed by atoms with Gasteiger partial charge in [0.2, 0.25) is 11.7 Å². The number of aliphatic hydroxyl groups excluding tert-OH is 1. The van der Waals surface area contributed by atoms with E-state index in [1.807, 2.05) is 39.5 Å². The van der Waals surface area contributed by atoms with Crippen molar-refractivity contribution >= 4 is 57.9 Å². The van der Waals surface area contributed by atoms with Gasteiger partial charge in [0.05, 0.1) is 43.4 Å². The number of aromatic hydroxyl groups is 1. The van der Waals surface area contributed by atoms with Crippen molar-refractivity contribution in [2.24, 2.45) is 0 Å². The summed E-state index contributed by atoms with van der Waals surface area (Å²) in [5.74, 6) is -4.64. The molecule has 2 aliphatic rings. The number of phenols is 1. The number of amides is 1. The first-order chi connectivity index (χ1) is 22.2. The number of hydrogen-bond acceptors (Lipinski definition) is 8. The molecule has 5 rings (SSSR count). The predicted molar refractivity (Wildman–Crippen MR) is 178 cm³/mol. The topological polar surface area (TPSA) is 117 Å². The molecule has 4 heterocycles. The molecule has 1 unspecified atom stereocenters. The number of halogens is 5. The highest BCUT2D eigenvalue weighted by atomic mass is 35.5. The zero-order chi connectivity index (χ0) is 34.6. The Hall–Kier alpha value is -3.95. The summed E-state index contributed by atoms with van der Waals surface area (Å²) in [6.45, 7) is 13.6. The normalized spacial score (nSPS) is 19.6. The molecule has 0 bridgehead atoms. The summed E-state index contributed by atoms with van der Waals surface area (Å²) in [4.78, 5) is 27.0. The molecule has 9 nitrogen and oxygen atoms in total. The van der Waals surface area contributed by atoms with Crippen LogP contribution in [0.2, 0.25) is 15.1 Å². The summed E-state index contributed by atoms with van der Waals surface area (Å²) in [5.41, 5.74) is 1.68. The molecule has 2 aromatic heterocycles. The Morgan fingerprint density at radius 1 is 1.17 bits per heavy atom. The number of aryl methyl sites for hydroxylation is 1. The molecule has 0 spiro atoms. The number of fused-ring (bicyclic) bond motifs is 1. The fourth-order valence-electron chi connectivity index (χ4n) is 6.39. The van der Waals surface area contributed by atoms with Crippen molar-refractivity contribution in [2.75, 3.05) is 18.0 Å². The van der Waals surface area contributed by atoms with Crippen LogP contribution in [-0.4, -0.2) is 67.3 Å². The molecule has 1 saturated heterocycles. The van der Waals surface area contributed by atoms with Crippen LogP contribution in [0.4, 0.5) is 20.3 Å². The molecule has 3 aromatic rings. The van der Waals surface area contributed by atoms with E-state index in [4.69, 9.17) is 39.8 Å². The number of nitriles is 1. The van der Waals surface area contributed by atoms with E-state index in [1.54, 1.807) is 17.2 Å². The van der Waals surface area contributed by atoms with E-state index in [-0.39, 0.29) is 59.1 Å². The van der Waals surface area contributed by atoms with Gasteiger partial charge < -0.3 is 20.0 Å². The average Bonchev–Trinajstić information content (AvgIpc) is 3.02. The number of phenolic OH excluding ortho intramolecular Hbond substituents is 1. The van der Waals surface area contributed by atoms with Crippen LogP contribution in [0.1, 0.15) is 50.4 Å². The smallest absolute Gasteiger partial charge is 0.246 e. The van der Waals surface area contributed by atoms with E-state index in [9.17, 15) is 29.1 Å². The lowest BCUT2D eigenvalue weighted by Gasteiger charge is -2.48. The Labute approximate surface area is 285 Å². The molecule has 246 valence electrons. The third-order valence-corrected chi connectivity index (χ3v) is 9.52. The van der Waals surface area contributed by atoms with Crippen LogP contribution in [0, 0.1) is 29.9 Å². The zero-order valence-corrected chi connectivity index (χ0v) is 28.4. The van der Waals surface area contributed by atoms with Crippen LogP contribution in [0.5, 0.6) is 5.75 Å². The van der Waals surface area contributed by atoms with Gasteiger partial charge in [0.1, 0.15) is 17.5 Å². The number of anilines is 2. The Morgan fingerprint density at radius 2 is 1.81 bits per heavy atom. The number of aliphatic hydroxyl groups is 1. The highest BCUT2D eigenvalue weighted by Gasteiger charge is 2.42. The predicted octanol–water partition coefficient (Wildman–Crippen LogP) is 7.33. The third-order valence-electron chi connectivity index (χ3n) is 8.40. The number of aromatic nitrogens is 2. The van der Waals surface area contributed by atoms with E-state index in [1.165, 1.54) is 17.0 Å². The van der Waals surface area contributed by atoms with Gasteiger partial charge >= 0.3 is 0 Å². The molecule has 3 atom stereocenters. The van der Waals surface area contributed by atoms with Gasteiger partial charge in [-0.25, -0.2) is 9.37 Å². The fourth-order valence-corrected chi connectivity index (χ4v) is 7.08. The van der Waals surface area contributed by atoms with E-state index >= 15 is 0 Å². The molecule has 2 N–H and O–H groups in total. The van der Waals surface area contributed by atoms with Crippen LogP contribution >= 0.6 is 34.8 Å². The summed E-state index contributed by atoms with van der Waals surface area (Å²) in [6, 6.07) is 4.76. The summed E-state index contributed by atoms with van der Waals surface area (Å²) in [7, 11) is 0. The molecule has 2 aliphatic heterocycles. The molecule has 1 fully saturated rings. The van der Waals surface area contributed by atoms with E-state index in [0.29, 0.717) is 28.2 Å². The average molecular weight is 704 g/mol. The van der Waals surface area contributed by atoms with Gasteiger partial charge in [0.15, 0.2) is 17.8 Å². The number of nitrogens with zero attached hydrogens (tertiary/aromatic N) is 6. The number of pyridine rings is 2. The van der Waals surface area contributed by atoms with Crippen LogP contribution in [0.15, 0.2) is 36.6 Å².